The van der Waals surface area contributed by atoms with Crippen LogP contribution in [0.2, 0.25) is 0 Å². The Morgan fingerprint density at radius 2 is 2.04 bits per heavy atom. The number of ketones is 1. The third-order valence-electron chi connectivity index (χ3n) is 8.07. The molecule has 7 atom stereocenters. The number of hydrogen-bond acceptors (Lipinski definition) is 3. The van der Waals surface area contributed by atoms with E-state index in [0.717, 1.165) is 31.3 Å². The molecule has 4 aliphatic rings. The number of carbonyl (C=O) groups excluding carboxylic acids is 2. The van der Waals surface area contributed by atoms with Crippen molar-refractivity contribution in [1.29, 1.82) is 0 Å². The first-order chi connectivity index (χ1) is 12.7. The molecule has 0 heterocycles. The summed E-state index contributed by atoms with van der Waals surface area (Å²) in [4.78, 5) is 22.7. The van der Waals surface area contributed by atoms with Crippen LogP contribution in [0.4, 0.5) is 4.39 Å². The zero-order valence-electron chi connectivity index (χ0n) is 16.3. The Kier molecular flexibility index (Phi) is 4.38. The van der Waals surface area contributed by atoms with Crippen molar-refractivity contribution in [1.82, 2.24) is 0 Å². The van der Waals surface area contributed by atoms with E-state index in [1.807, 2.05) is 13.0 Å². The molecule has 0 aromatic carbocycles. The molecular formula is C22H28ClFO3. The van der Waals surface area contributed by atoms with Crippen LogP contribution in [-0.2, 0) is 14.3 Å². The van der Waals surface area contributed by atoms with Crippen LogP contribution in [0.15, 0.2) is 23.8 Å². The van der Waals surface area contributed by atoms with Crippen molar-refractivity contribution in [3.63, 3.8) is 0 Å². The minimum Gasteiger partial charge on any atom is -0.462 e. The van der Waals surface area contributed by atoms with Gasteiger partial charge in [-0.15, -0.1) is 11.6 Å². The molecule has 5 heteroatoms. The molecule has 0 saturated heterocycles. The van der Waals surface area contributed by atoms with Gasteiger partial charge in [-0.1, -0.05) is 32.4 Å². The van der Waals surface area contributed by atoms with Crippen LogP contribution in [0.25, 0.3) is 0 Å². The fourth-order valence-corrected chi connectivity index (χ4v) is 7.05. The summed E-state index contributed by atoms with van der Waals surface area (Å²) in [5.41, 5.74) is -0.0666. The Labute approximate surface area is 165 Å². The molecule has 0 aromatic heterocycles. The van der Waals surface area contributed by atoms with Gasteiger partial charge >= 0.3 is 5.97 Å². The maximum atomic E-state index is 15.9. The lowest BCUT2D eigenvalue weighted by Crippen LogP contribution is -2.65. The Balaban J connectivity index is 1.72. The molecule has 0 unspecified atom stereocenters. The van der Waals surface area contributed by atoms with Gasteiger partial charge in [0.05, 0.1) is 4.87 Å². The lowest BCUT2D eigenvalue weighted by atomic mass is 9.47. The van der Waals surface area contributed by atoms with Gasteiger partial charge in [-0.25, -0.2) is 4.39 Å². The topological polar surface area (TPSA) is 43.4 Å². The number of hydrogen-bond donors (Lipinski definition) is 0. The Morgan fingerprint density at radius 1 is 1.30 bits per heavy atom. The maximum absolute atomic E-state index is 15.9. The van der Waals surface area contributed by atoms with Crippen molar-refractivity contribution in [2.24, 2.45) is 22.7 Å². The van der Waals surface area contributed by atoms with Crippen molar-refractivity contribution in [2.75, 3.05) is 0 Å². The summed E-state index contributed by atoms with van der Waals surface area (Å²) < 4.78 is 21.6. The number of rotatable bonds is 2. The minimum absolute atomic E-state index is 0.00162. The third-order valence-corrected chi connectivity index (χ3v) is 8.98. The average Bonchev–Trinajstić information content (AvgIpc) is 2.93. The van der Waals surface area contributed by atoms with Crippen LogP contribution >= 0.6 is 11.6 Å². The highest BCUT2D eigenvalue weighted by atomic mass is 35.5. The second kappa shape index (κ2) is 6.17. The number of esters is 1. The summed E-state index contributed by atoms with van der Waals surface area (Å²) in [5, 5.41) is 0. The molecule has 0 spiro atoms. The second-order valence-electron chi connectivity index (χ2n) is 9.21. The van der Waals surface area contributed by atoms with E-state index in [9.17, 15) is 9.59 Å². The monoisotopic (exact) mass is 394 g/mol. The van der Waals surface area contributed by atoms with Crippen molar-refractivity contribution in [3.05, 3.63) is 23.8 Å². The number of allylic oxidation sites excluding steroid dienone is 4. The molecule has 0 aromatic rings. The lowest BCUT2D eigenvalue weighted by molar-refractivity contribution is -0.161. The summed E-state index contributed by atoms with van der Waals surface area (Å²) in [6.07, 6.45) is 7.43. The molecule has 0 aliphatic heterocycles. The Bertz CT molecular complexity index is 746. The highest BCUT2D eigenvalue weighted by Gasteiger charge is 2.70. The average molecular weight is 395 g/mol. The minimum atomic E-state index is -1.22. The van der Waals surface area contributed by atoms with Gasteiger partial charge in [0.1, 0.15) is 12.3 Å². The first-order valence-corrected chi connectivity index (χ1v) is 10.5. The van der Waals surface area contributed by atoms with Gasteiger partial charge in [-0.3, -0.25) is 9.59 Å². The van der Waals surface area contributed by atoms with Gasteiger partial charge < -0.3 is 4.74 Å². The number of fused-ring (bicyclic) bond motifs is 5. The number of ether oxygens (including phenoxy) is 1. The summed E-state index contributed by atoms with van der Waals surface area (Å²) in [5.74, 6) is -0.0292. The van der Waals surface area contributed by atoms with Gasteiger partial charge in [-0.05, 0) is 56.1 Å². The number of halogens is 2. The molecule has 3 fully saturated rings. The van der Waals surface area contributed by atoms with Gasteiger partial charge in [0, 0.05) is 17.3 Å². The molecule has 4 rings (SSSR count). The Hall–Kier alpha value is -1.16. The number of carbonyl (C=O) groups is 2. The first kappa shape index (κ1) is 19.2. The van der Waals surface area contributed by atoms with Crippen molar-refractivity contribution >= 4 is 23.4 Å². The number of alkyl halides is 2. The van der Waals surface area contributed by atoms with Crippen LogP contribution in [-0.4, -0.2) is 28.9 Å². The van der Waals surface area contributed by atoms with Crippen LogP contribution < -0.4 is 0 Å². The normalized spacial score (nSPS) is 48.3. The summed E-state index contributed by atoms with van der Waals surface area (Å²) in [6, 6.07) is 0. The molecule has 27 heavy (non-hydrogen) atoms. The van der Waals surface area contributed by atoms with E-state index in [2.05, 4.69) is 6.92 Å². The van der Waals surface area contributed by atoms with Gasteiger partial charge in [0.15, 0.2) is 5.78 Å². The quantitative estimate of drug-likeness (QED) is 0.493. The highest BCUT2D eigenvalue weighted by Crippen LogP contribution is 2.69. The van der Waals surface area contributed by atoms with E-state index < -0.39 is 16.5 Å². The van der Waals surface area contributed by atoms with Crippen LogP contribution in [0, 0.1) is 22.7 Å². The Morgan fingerprint density at radius 3 is 2.74 bits per heavy atom. The van der Waals surface area contributed by atoms with E-state index >= 15 is 4.39 Å². The molecule has 0 radical (unpaired) electrons. The van der Waals surface area contributed by atoms with Gasteiger partial charge in [0.25, 0.3) is 0 Å². The molecule has 148 valence electrons. The van der Waals surface area contributed by atoms with Crippen LogP contribution in [0.3, 0.4) is 0 Å². The molecule has 4 aliphatic carbocycles. The van der Waals surface area contributed by atoms with Crippen LogP contribution in [0.5, 0.6) is 0 Å². The van der Waals surface area contributed by atoms with E-state index in [-0.39, 0.29) is 35.1 Å². The zero-order chi connectivity index (χ0) is 19.6. The van der Waals surface area contributed by atoms with E-state index in [0.29, 0.717) is 12.8 Å². The standard InChI is InChI=1S/C22H28ClFO3/c1-4-19(26)27-18-8-7-15-16-6-5-13-11-14(25)9-10-21(13,3)22(16,23)17(24)12-20(15,18)2/h9-11,15-18H,4-8,12H2,1-3H3/t15-,16-,17-,18-,20-,21-,22-/m0/s1. The first-order valence-electron chi connectivity index (χ1n) is 10.1. The highest BCUT2D eigenvalue weighted by molar-refractivity contribution is 6.26. The van der Waals surface area contributed by atoms with Crippen molar-refractivity contribution in [3.8, 4) is 0 Å². The van der Waals surface area contributed by atoms with E-state index in [1.54, 1.807) is 13.0 Å². The van der Waals surface area contributed by atoms with E-state index in [1.165, 1.54) is 6.08 Å². The molecule has 0 N–H and O–H groups in total. The fraction of sp³-hybridized carbons (Fsp3) is 0.727. The molecule has 3 nitrogen and oxygen atoms in total. The third kappa shape index (κ3) is 2.44. The largest absolute Gasteiger partial charge is 0.462 e. The van der Waals surface area contributed by atoms with Gasteiger partial charge in [-0.2, -0.15) is 0 Å². The molecule has 0 amide bonds. The lowest BCUT2D eigenvalue weighted by Gasteiger charge is -2.62. The molecular weight excluding hydrogens is 367 g/mol. The zero-order valence-corrected chi connectivity index (χ0v) is 17.0. The predicted molar refractivity (Wildman–Crippen MR) is 102 cm³/mol. The van der Waals surface area contributed by atoms with Crippen LogP contribution in [0.1, 0.15) is 59.3 Å². The van der Waals surface area contributed by atoms with Crippen molar-refractivity contribution in [2.45, 2.75) is 76.4 Å². The summed E-state index contributed by atoms with van der Waals surface area (Å²) in [7, 11) is 0. The predicted octanol–water partition coefficient (Wildman–Crippen LogP) is 4.93. The summed E-state index contributed by atoms with van der Waals surface area (Å²) >= 11 is 7.21. The molecule has 0 bridgehead atoms. The molecule has 3 saturated carbocycles. The second-order valence-corrected chi connectivity index (χ2v) is 9.84. The fourth-order valence-electron chi connectivity index (χ4n) is 6.53. The summed E-state index contributed by atoms with van der Waals surface area (Å²) in [6.45, 7) is 5.85. The SMILES string of the molecule is CCC(=O)O[C@H]1CC[C@H]2[C@@H]3CCC4=CC(=O)C=C[C@]4(C)[C@@]3(Cl)[C@@H](F)C[C@]12C. The van der Waals surface area contributed by atoms with Gasteiger partial charge in [0.2, 0.25) is 0 Å². The smallest absolute Gasteiger partial charge is 0.305 e. The maximum Gasteiger partial charge on any atom is 0.305 e. The van der Waals surface area contributed by atoms with E-state index in [4.69, 9.17) is 16.3 Å². The van der Waals surface area contributed by atoms with Crippen molar-refractivity contribution < 1.29 is 18.7 Å².